The van der Waals surface area contributed by atoms with Crippen molar-refractivity contribution in [3.8, 4) is 16.9 Å². The van der Waals surface area contributed by atoms with Gasteiger partial charge in [-0.05, 0) is 49.2 Å². The number of hydrogen-bond acceptors (Lipinski definition) is 3. The second-order valence-electron chi connectivity index (χ2n) is 6.62. The van der Waals surface area contributed by atoms with E-state index in [9.17, 15) is 9.18 Å². The third-order valence-electron chi connectivity index (χ3n) is 4.74. The predicted molar refractivity (Wildman–Crippen MR) is 113 cm³/mol. The van der Waals surface area contributed by atoms with Gasteiger partial charge in [-0.15, -0.1) is 0 Å². The second-order valence-corrected chi connectivity index (χ2v) is 8.48. The van der Waals surface area contributed by atoms with Crippen molar-refractivity contribution in [2.24, 2.45) is 0 Å². The van der Waals surface area contributed by atoms with Crippen molar-refractivity contribution in [2.45, 2.75) is 18.0 Å². The largest absolute Gasteiger partial charge is 0.342 e. The molecule has 0 saturated carbocycles. The molecular formula is C21H19BrFN3OS. The highest BCUT2D eigenvalue weighted by Crippen LogP contribution is 2.31. The SMILES string of the molecule is O=C(CSc1ncc(-c2ccc(Br)cc2)n1-c1ccc(F)cc1)N1CCCC1. The number of nitrogens with zero attached hydrogens (tertiary/aromatic N) is 3. The Morgan fingerprint density at radius 2 is 1.75 bits per heavy atom. The van der Waals surface area contributed by atoms with Crippen molar-refractivity contribution in [2.75, 3.05) is 18.8 Å². The van der Waals surface area contributed by atoms with Crippen LogP contribution in [0.2, 0.25) is 0 Å². The van der Waals surface area contributed by atoms with Gasteiger partial charge in [0, 0.05) is 28.8 Å². The van der Waals surface area contributed by atoms with E-state index in [1.807, 2.05) is 33.7 Å². The van der Waals surface area contributed by atoms with Crippen molar-refractivity contribution < 1.29 is 9.18 Å². The monoisotopic (exact) mass is 459 g/mol. The molecule has 1 aromatic heterocycles. The molecule has 3 aromatic rings. The number of rotatable bonds is 5. The molecule has 0 atom stereocenters. The quantitative estimate of drug-likeness (QED) is 0.494. The van der Waals surface area contributed by atoms with Crippen LogP contribution in [0.3, 0.4) is 0 Å². The second kappa shape index (κ2) is 8.49. The number of carbonyl (C=O) groups is 1. The maximum atomic E-state index is 13.4. The molecule has 0 N–H and O–H groups in total. The summed E-state index contributed by atoms with van der Waals surface area (Å²) < 4.78 is 16.4. The third-order valence-corrected chi connectivity index (χ3v) is 6.20. The van der Waals surface area contributed by atoms with E-state index in [2.05, 4.69) is 20.9 Å². The average molecular weight is 460 g/mol. The minimum absolute atomic E-state index is 0.140. The number of hydrogen-bond donors (Lipinski definition) is 0. The van der Waals surface area contributed by atoms with Gasteiger partial charge in [-0.2, -0.15) is 0 Å². The Bertz CT molecular complexity index is 966. The number of aromatic nitrogens is 2. The van der Waals surface area contributed by atoms with E-state index >= 15 is 0 Å². The highest BCUT2D eigenvalue weighted by atomic mass is 79.9. The molecule has 4 rings (SSSR count). The van der Waals surface area contributed by atoms with Crippen LogP contribution in [0.4, 0.5) is 4.39 Å². The maximum absolute atomic E-state index is 13.4. The van der Waals surface area contributed by atoms with Crippen LogP contribution in [0.1, 0.15) is 12.8 Å². The van der Waals surface area contributed by atoms with Gasteiger partial charge < -0.3 is 4.90 Å². The fourth-order valence-electron chi connectivity index (χ4n) is 3.28. The first kappa shape index (κ1) is 19.2. The zero-order chi connectivity index (χ0) is 19.5. The van der Waals surface area contributed by atoms with Crippen LogP contribution in [0, 0.1) is 5.82 Å². The number of likely N-dealkylation sites (tertiary alicyclic amines) is 1. The summed E-state index contributed by atoms with van der Waals surface area (Å²) >= 11 is 4.87. The number of imidazole rings is 1. The summed E-state index contributed by atoms with van der Waals surface area (Å²) in [4.78, 5) is 18.9. The number of amides is 1. The molecule has 1 aliphatic rings. The van der Waals surface area contributed by atoms with Gasteiger partial charge in [-0.3, -0.25) is 9.36 Å². The zero-order valence-electron chi connectivity index (χ0n) is 15.1. The Kier molecular flexibility index (Phi) is 5.82. The van der Waals surface area contributed by atoms with E-state index < -0.39 is 0 Å². The number of benzene rings is 2. The molecule has 0 spiro atoms. The summed E-state index contributed by atoms with van der Waals surface area (Å²) in [5.41, 5.74) is 2.71. The Hall–Kier alpha value is -2.12. The van der Waals surface area contributed by atoms with Gasteiger partial charge in [0.25, 0.3) is 0 Å². The molecule has 0 unspecified atom stereocenters. The van der Waals surface area contributed by atoms with Gasteiger partial charge in [0.2, 0.25) is 5.91 Å². The van der Waals surface area contributed by atoms with E-state index in [4.69, 9.17) is 0 Å². The third kappa shape index (κ3) is 4.15. The standard InChI is InChI=1S/C21H19BrFN3OS/c22-16-5-3-15(4-6-16)19-13-24-21(26(19)18-9-7-17(23)8-10-18)28-14-20(27)25-11-1-2-12-25/h3-10,13H,1-2,11-12,14H2. The molecule has 2 heterocycles. The molecule has 0 radical (unpaired) electrons. The Labute approximate surface area is 175 Å². The summed E-state index contributed by atoms with van der Waals surface area (Å²) in [6.07, 6.45) is 3.96. The smallest absolute Gasteiger partial charge is 0.233 e. The molecule has 0 aliphatic carbocycles. The minimum Gasteiger partial charge on any atom is -0.342 e. The first-order chi connectivity index (χ1) is 13.6. The van der Waals surface area contributed by atoms with Gasteiger partial charge in [-0.1, -0.05) is 39.8 Å². The normalized spacial score (nSPS) is 13.9. The highest BCUT2D eigenvalue weighted by molar-refractivity contribution is 9.10. The first-order valence-electron chi connectivity index (χ1n) is 9.12. The van der Waals surface area contributed by atoms with Crippen LogP contribution in [0.5, 0.6) is 0 Å². The predicted octanol–water partition coefficient (Wildman–Crippen LogP) is 5.16. The van der Waals surface area contributed by atoms with E-state index in [-0.39, 0.29) is 11.7 Å². The molecule has 1 amide bonds. The van der Waals surface area contributed by atoms with Crippen molar-refractivity contribution in [3.63, 3.8) is 0 Å². The van der Waals surface area contributed by atoms with Crippen molar-refractivity contribution in [1.29, 1.82) is 0 Å². The number of thioether (sulfide) groups is 1. The van der Waals surface area contributed by atoms with Crippen LogP contribution in [0.15, 0.2) is 64.4 Å². The van der Waals surface area contributed by atoms with Crippen molar-refractivity contribution >= 4 is 33.6 Å². The maximum Gasteiger partial charge on any atom is 0.233 e. The number of halogens is 2. The lowest BCUT2D eigenvalue weighted by Gasteiger charge is -2.15. The molecule has 1 saturated heterocycles. The molecule has 4 nitrogen and oxygen atoms in total. The average Bonchev–Trinajstić information content (AvgIpc) is 3.38. The summed E-state index contributed by atoms with van der Waals surface area (Å²) in [5.74, 6) is 0.201. The van der Waals surface area contributed by atoms with E-state index in [1.165, 1.54) is 23.9 Å². The zero-order valence-corrected chi connectivity index (χ0v) is 17.5. The summed E-state index contributed by atoms with van der Waals surface area (Å²) in [7, 11) is 0. The van der Waals surface area contributed by atoms with Crippen molar-refractivity contribution in [3.05, 3.63) is 65.0 Å². The van der Waals surface area contributed by atoms with Gasteiger partial charge in [-0.25, -0.2) is 9.37 Å². The van der Waals surface area contributed by atoms with Crippen LogP contribution < -0.4 is 0 Å². The molecule has 7 heteroatoms. The lowest BCUT2D eigenvalue weighted by atomic mass is 10.1. The molecule has 28 heavy (non-hydrogen) atoms. The van der Waals surface area contributed by atoms with Gasteiger partial charge in [0.05, 0.1) is 17.6 Å². The lowest BCUT2D eigenvalue weighted by molar-refractivity contribution is -0.127. The Morgan fingerprint density at radius 3 is 2.43 bits per heavy atom. The molecular weight excluding hydrogens is 441 g/mol. The Balaban J connectivity index is 1.66. The van der Waals surface area contributed by atoms with E-state index in [1.54, 1.807) is 18.3 Å². The van der Waals surface area contributed by atoms with E-state index in [0.717, 1.165) is 52.5 Å². The highest BCUT2D eigenvalue weighted by Gasteiger charge is 2.20. The van der Waals surface area contributed by atoms with Crippen LogP contribution in [-0.4, -0.2) is 39.2 Å². The van der Waals surface area contributed by atoms with Crippen LogP contribution in [0.25, 0.3) is 16.9 Å². The minimum atomic E-state index is -0.285. The first-order valence-corrected chi connectivity index (χ1v) is 10.9. The molecule has 1 fully saturated rings. The van der Waals surface area contributed by atoms with Crippen molar-refractivity contribution in [1.82, 2.24) is 14.5 Å². The fraction of sp³-hybridized carbons (Fsp3) is 0.238. The van der Waals surface area contributed by atoms with Gasteiger partial charge in [0.15, 0.2) is 5.16 Å². The van der Waals surface area contributed by atoms with Gasteiger partial charge >= 0.3 is 0 Å². The van der Waals surface area contributed by atoms with Crippen LogP contribution >= 0.6 is 27.7 Å². The molecule has 0 bridgehead atoms. The lowest BCUT2D eigenvalue weighted by Crippen LogP contribution is -2.29. The molecule has 144 valence electrons. The summed E-state index contributed by atoms with van der Waals surface area (Å²) in [6.45, 7) is 1.69. The fourth-order valence-corrected chi connectivity index (χ4v) is 4.44. The number of carbonyl (C=O) groups excluding carboxylic acids is 1. The van der Waals surface area contributed by atoms with Gasteiger partial charge in [0.1, 0.15) is 5.82 Å². The summed E-state index contributed by atoms with van der Waals surface area (Å²) in [5, 5.41) is 0.720. The van der Waals surface area contributed by atoms with E-state index in [0.29, 0.717) is 5.75 Å². The molecule has 2 aromatic carbocycles. The topological polar surface area (TPSA) is 38.1 Å². The van der Waals surface area contributed by atoms with Crippen LogP contribution in [-0.2, 0) is 4.79 Å². The molecule has 1 aliphatic heterocycles. The summed E-state index contributed by atoms with van der Waals surface area (Å²) in [6, 6.07) is 14.3. The Morgan fingerprint density at radius 1 is 1.07 bits per heavy atom.